The molecule has 1 amide bonds. The number of hydrogen-bond acceptors (Lipinski definition) is 4. The van der Waals surface area contributed by atoms with Crippen molar-refractivity contribution in [1.29, 1.82) is 0 Å². The summed E-state index contributed by atoms with van der Waals surface area (Å²) in [5.74, 6) is -0.196. The van der Waals surface area contributed by atoms with Crippen LogP contribution >= 0.6 is 11.6 Å². The van der Waals surface area contributed by atoms with E-state index in [0.717, 1.165) is 18.2 Å². The van der Waals surface area contributed by atoms with E-state index >= 15 is 0 Å². The second kappa shape index (κ2) is 8.27. The minimum atomic E-state index is -4.74. The van der Waals surface area contributed by atoms with Crippen molar-refractivity contribution in [2.75, 3.05) is 16.6 Å². The number of nitrogens with one attached hydrogen (secondary N) is 2. The zero-order valence-electron chi connectivity index (χ0n) is 14.7. The van der Waals surface area contributed by atoms with Crippen molar-refractivity contribution in [1.82, 2.24) is 0 Å². The van der Waals surface area contributed by atoms with Gasteiger partial charge in [-0.25, -0.2) is 8.42 Å². The molecule has 0 atom stereocenters. The molecule has 2 aromatic carbocycles. The molecule has 2 rings (SSSR count). The topological polar surface area (TPSA) is 84.5 Å². The van der Waals surface area contributed by atoms with Crippen LogP contribution in [0.2, 0.25) is 5.02 Å². The summed E-state index contributed by atoms with van der Waals surface area (Å²) in [5.41, 5.74) is -1.36. The molecule has 28 heavy (non-hydrogen) atoms. The Kier molecular flexibility index (Phi) is 6.45. The number of anilines is 2. The van der Waals surface area contributed by atoms with Crippen LogP contribution in [-0.2, 0) is 21.0 Å². The Morgan fingerprint density at radius 3 is 2.43 bits per heavy atom. The first-order chi connectivity index (χ1) is 12.9. The maximum absolute atomic E-state index is 13.0. The summed E-state index contributed by atoms with van der Waals surface area (Å²) < 4.78 is 71.4. The molecule has 0 spiro atoms. The summed E-state index contributed by atoms with van der Waals surface area (Å²) in [7, 11) is -4.25. The number of ether oxygens (including phenoxy) is 1. The van der Waals surface area contributed by atoms with Gasteiger partial charge in [0.1, 0.15) is 5.75 Å². The average Bonchev–Trinajstić information content (AvgIpc) is 2.56. The molecular formula is C17H16ClF3N2O4S. The fraction of sp³-hybridized carbons (Fsp3) is 0.235. The van der Waals surface area contributed by atoms with Gasteiger partial charge in [0.15, 0.2) is 0 Å². The smallest absolute Gasteiger partial charge is 0.417 e. The molecule has 0 aliphatic rings. The first kappa shape index (κ1) is 21.8. The van der Waals surface area contributed by atoms with E-state index in [0.29, 0.717) is 6.07 Å². The number of sulfonamides is 1. The third-order valence-corrected chi connectivity index (χ3v) is 5.10. The highest BCUT2D eigenvalue weighted by Gasteiger charge is 2.33. The third kappa shape index (κ3) is 5.29. The van der Waals surface area contributed by atoms with Crippen LogP contribution in [0, 0.1) is 0 Å². The van der Waals surface area contributed by atoms with Crippen LogP contribution < -0.4 is 14.8 Å². The Hall–Kier alpha value is -2.46. The Morgan fingerprint density at radius 1 is 1.18 bits per heavy atom. The van der Waals surface area contributed by atoms with Gasteiger partial charge in [-0.05, 0) is 43.3 Å². The number of halogens is 4. The number of amides is 1. The molecule has 0 radical (unpaired) electrons. The highest BCUT2D eigenvalue weighted by Crippen LogP contribution is 2.37. The van der Waals surface area contributed by atoms with Crippen LogP contribution in [0.1, 0.15) is 19.4 Å². The lowest BCUT2D eigenvalue weighted by molar-refractivity contribution is -0.137. The Balaban J connectivity index is 2.41. The molecule has 0 aromatic heterocycles. The van der Waals surface area contributed by atoms with Gasteiger partial charge in [-0.1, -0.05) is 11.6 Å². The van der Waals surface area contributed by atoms with E-state index in [1.807, 2.05) is 0 Å². The van der Waals surface area contributed by atoms with Gasteiger partial charge >= 0.3 is 6.18 Å². The van der Waals surface area contributed by atoms with E-state index in [4.69, 9.17) is 16.3 Å². The second-order valence-electron chi connectivity index (χ2n) is 5.57. The van der Waals surface area contributed by atoms with Gasteiger partial charge in [0.2, 0.25) is 5.91 Å². The van der Waals surface area contributed by atoms with Gasteiger partial charge in [-0.3, -0.25) is 9.52 Å². The van der Waals surface area contributed by atoms with Crippen molar-refractivity contribution in [2.24, 2.45) is 0 Å². The van der Waals surface area contributed by atoms with Crippen molar-refractivity contribution in [3.8, 4) is 5.75 Å². The fourth-order valence-electron chi connectivity index (χ4n) is 2.27. The maximum atomic E-state index is 13.0. The van der Waals surface area contributed by atoms with Crippen LogP contribution in [0.5, 0.6) is 5.75 Å². The van der Waals surface area contributed by atoms with Crippen LogP contribution in [0.4, 0.5) is 24.5 Å². The fourth-order valence-corrected chi connectivity index (χ4v) is 3.57. The first-order valence-corrected chi connectivity index (χ1v) is 9.74. The molecule has 0 saturated carbocycles. The molecule has 2 aromatic rings. The normalized spacial score (nSPS) is 11.8. The molecule has 152 valence electrons. The third-order valence-electron chi connectivity index (χ3n) is 3.40. The van der Waals surface area contributed by atoms with E-state index in [1.165, 1.54) is 19.1 Å². The molecule has 0 unspecified atom stereocenters. The van der Waals surface area contributed by atoms with Crippen LogP contribution in [0.25, 0.3) is 0 Å². The van der Waals surface area contributed by atoms with E-state index in [-0.39, 0.29) is 28.6 Å². The van der Waals surface area contributed by atoms with Gasteiger partial charge in [-0.15, -0.1) is 0 Å². The number of alkyl halides is 3. The Morgan fingerprint density at radius 2 is 1.86 bits per heavy atom. The van der Waals surface area contributed by atoms with Crippen LogP contribution in [-0.4, -0.2) is 20.9 Å². The number of benzene rings is 2. The second-order valence-corrected chi connectivity index (χ2v) is 7.66. The predicted octanol–water partition coefficient (Wildman–Crippen LogP) is 4.52. The largest absolute Gasteiger partial charge is 0.492 e. The van der Waals surface area contributed by atoms with E-state index in [2.05, 4.69) is 10.0 Å². The minimum Gasteiger partial charge on any atom is -0.492 e. The van der Waals surface area contributed by atoms with Gasteiger partial charge in [-0.2, -0.15) is 13.2 Å². The Labute approximate surface area is 164 Å². The summed E-state index contributed by atoms with van der Waals surface area (Å²) in [5, 5.41) is 1.90. The standard InChI is InChI=1S/C17H16ClF3N2O4S/c1-3-27-16-7-5-12(9-15(16)22-10(2)24)28(25,26)23-11-4-6-14(18)13(8-11)17(19,20)21/h4-9,23H,3H2,1-2H3,(H,22,24). The average molecular weight is 437 g/mol. The molecular weight excluding hydrogens is 421 g/mol. The number of rotatable bonds is 6. The van der Waals surface area contributed by atoms with E-state index in [1.54, 1.807) is 6.92 Å². The summed E-state index contributed by atoms with van der Waals surface area (Å²) >= 11 is 5.53. The summed E-state index contributed by atoms with van der Waals surface area (Å²) in [6.07, 6.45) is -4.74. The highest BCUT2D eigenvalue weighted by molar-refractivity contribution is 7.92. The molecule has 2 N–H and O–H groups in total. The zero-order valence-corrected chi connectivity index (χ0v) is 16.3. The molecule has 0 saturated heterocycles. The number of carbonyl (C=O) groups excluding carboxylic acids is 1. The van der Waals surface area contributed by atoms with Gasteiger partial charge < -0.3 is 10.1 Å². The molecule has 6 nitrogen and oxygen atoms in total. The number of hydrogen-bond donors (Lipinski definition) is 2. The summed E-state index contributed by atoms with van der Waals surface area (Å²) in [4.78, 5) is 11.1. The number of carbonyl (C=O) groups is 1. The van der Waals surface area contributed by atoms with Crippen molar-refractivity contribution in [3.05, 3.63) is 47.0 Å². The zero-order chi connectivity index (χ0) is 21.1. The van der Waals surface area contributed by atoms with Gasteiger partial charge in [0, 0.05) is 12.6 Å². The summed E-state index contributed by atoms with van der Waals surface area (Å²) in [6.45, 7) is 3.23. The van der Waals surface area contributed by atoms with Crippen molar-refractivity contribution >= 4 is 38.9 Å². The predicted molar refractivity (Wildman–Crippen MR) is 99.2 cm³/mol. The molecule has 0 fully saturated rings. The van der Waals surface area contributed by atoms with Crippen LogP contribution in [0.15, 0.2) is 41.3 Å². The van der Waals surface area contributed by atoms with Gasteiger partial charge in [0.05, 0.1) is 27.8 Å². The summed E-state index contributed by atoms with van der Waals surface area (Å²) in [6, 6.07) is 6.35. The van der Waals surface area contributed by atoms with Crippen LogP contribution in [0.3, 0.4) is 0 Å². The highest BCUT2D eigenvalue weighted by atomic mass is 35.5. The van der Waals surface area contributed by atoms with Crippen molar-refractivity contribution in [2.45, 2.75) is 24.9 Å². The molecule has 0 aliphatic heterocycles. The SMILES string of the molecule is CCOc1ccc(S(=O)(=O)Nc2ccc(Cl)c(C(F)(F)F)c2)cc1NC(C)=O. The maximum Gasteiger partial charge on any atom is 0.417 e. The van der Waals surface area contributed by atoms with E-state index < -0.39 is 32.7 Å². The quantitative estimate of drug-likeness (QED) is 0.697. The lowest BCUT2D eigenvalue weighted by Gasteiger charge is -2.15. The monoisotopic (exact) mass is 436 g/mol. The minimum absolute atomic E-state index is 0.115. The molecule has 0 heterocycles. The van der Waals surface area contributed by atoms with E-state index in [9.17, 15) is 26.4 Å². The molecule has 0 aliphatic carbocycles. The lowest BCUT2D eigenvalue weighted by atomic mass is 10.2. The Bertz CT molecular complexity index is 994. The van der Waals surface area contributed by atoms with Crippen molar-refractivity contribution < 1.29 is 31.1 Å². The molecule has 11 heteroatoms. The lowest BCUT2D eigenvalue weighted by Crippen LogP contribution is -2.15. The first-order valence-electron chi connectivity index (χ1n) is 7.88. The van der Waals surface area contributed by atoms with Crippen molar-refractivity contribution in [3.63, 3.8) is 0 Å². The molecule has 0 bridgehead atoms. The van der Waals surface area contributed by atoms with Gasteiger partial charge in [0.25, 0.3) is 10.0 Å².